The molecule has 34 heavy (non-hydrogen) atoms. The molecule has 3 rings (SSSR count). The average Bonchev–Trinajstić information content (AvgIpc) is 3.27. The highest BCUT2D eigenvalue weighted by atomic mass is 16.5. The summed E-state index contributed by atoms with van der Waals surface area (Å²) in [4.78, 5) is 2.05. The first-order valence-corrected chi connectivity index (χ1v) is 12.3. The van der Waals surface area contributed by atoms with E-state index in [-0.39, 0.29) is 5.41 Å². The Morgan fingerprint density at radius 2 is 2.03 bits per heavy atom. The fourth-order valence-corrected chi connectivity index (χ4v) is 4.15. The third-order valence-corrected chi connectivity index (χ3v) is 7.10. The van der Waals surface area contributed by atoms with Crippen LogP contribution in [0, 0.1) is 5.41 Å². The molecule has 0 saturated carbocycles. The first-order chi connectivity index (χ1) is 16.1. The maximum atomic E-state index is 6.55. The van der Waals surface area contributed by atoms with Crippen molar-refractivity contribution in [2.24, 2.45) is 5.41 Å². The molecular weight excluding hydrogens is 420 g/mol. The fourth-order valence-electron chi connectivity index (χ4n) is 4.15. The van der Waals surface area contributed by atoms with Crippen molar-refractivity contribution in [2.75, 3.05) is 34.3 Å². The van der Waals surface area contributed by atoms with Gasteiger partial charge in [-0.25, -0.2) is 5.43 Å². The van der Waals surface area contributed by atoms with E-state index >= 15 is 0 Å². The molecule has 0 aromatic heterocycles. The summed E-state index contributed by atoms with van der Waals surface area (Å²) >= 11 is 0. The van der Waals surface area contributed by atoms with Gasteiger partial charge in [0.2, 0.25) is 0 Å². The third kappa shape index (κ3) is 5.76. The molecule has 184 valence electrons. The molecule has 0 saturated heterocycles. The van der Waals surface area contributed by atoms with Gasteiger partial charge in [-0.3, -0.25) is 0 Å². The minimum absolute atomic E-state index is 0.145. The Kier molecular flexibility index (Phi) is 7.98. The predicted molar refractivity (Wildman–Crippen MR) is 143 cm³/mol. The minimum atomic E-state index is -0.396. The van der Waals surface area contributed by atoms with Gasteiger partial charge in [0.25, 0.3) is 0 Å². The molecule has 1 atom stereocenters. The lowest BCUT2D eigenvalue weighted by Crippen LogP contribution is -2.41. The molecule has 0 amide bonds. The van der Waals surface area contributed by atoms with Crippen LogP contribution in [0.15, 0.2) is 78.5 Å². The zero-order chi connectivity index (χ0) is 24.9. The van der Waals surface area contributed by atoms with Gasteiger partial charge in [0.05, 0.1) is 12.1 Å². The Hall–Kier alpha value is -2.92. The summed E-state index contributed by atoms with van der Waals surface area (Å²) in [6.07, 6.45) is 12.8. The van der Waals surface area contributed by atoms with Crippen LogP contribution >= 0.6 is 0 Å². The molecule has 0 aliphatic carbocycles. The fraction of sp³-hybridized carbons (Fsp3) is 0.448. The zero-order valence-corrected chi connectivity index (χ0v) is 22.0. The molecule has 2 aliphatic rings. The van der Waals surface area contributed by atoms with Gasteiger partial charge in [0, 0.05) is 51.1 Å². The summed E-state index contributed by atoms with van der Waals surface area (Å²) in [6, 6.07) is 8.66. The summed E-state index contributed by atoms with van der Waals surface area (Å²) < 4.78 is 6.55. The molecule has 0 spiro atoms. The lowest BCUT2D eigenvalue weighted by atomic mass is 9.85. The first kappa shape index (κ1) is 25.7. The van der Waals surface area contributed by atoms with Gasteiger partial charge in [-0.15, -0.1) is 0 Å². The predicted octanol–water partition coefficient (Wildman–Crippen LogP) is 5.54. The second-order valence-corrected chi connectivity index (χ2v) is 10.1. The van der Waals surface area contributed by atoms with Gasteiger partial charge in [0.1, 0.15) is 0 Å². The topological polar surface area (TPSA) is 39.8 Å². The van der Waals surface area contributed by atoms with Gasteiger partial charge >= 0.3 is 0 Å². The Bertz CT molecular complexity index is 1010. The van der Waals surface area contributed by atoms with Crippen LogP contribution in [0.5, 0.6) is 0 Å². The number of nitrogens with zero attached hydrogens (tertiary/aromatic N) is 2. The number of allylic oxidation sites excluding steroid dienone is 3. The molecule has 1 unspecified atom stereocenters. The number of dihydropyridines is 1. The van der Waals surface area contributed by atoms with Gasteiger partial charge < -0.3 is 20.0 Å². The van der Waals surface area contributed by atoms with E-state index < -0.39 is 5.54 Å². The third-order valence-electron chi connectivity index (χ3n) is 7.10. The highest BCUT2D eigenvalue weighted by Gasteiger charge is 2.32. The van der Waals surface area contributed by atoms with Gasteiger partial charge in [-0.1, -0.05) is 63.8 Å². The standard InChI is InChI=1S/C29H42N4O/c1-9-22(19-32(6)7)23-13-12-14-25(17-23)29(5)16-15-26(24-18-30-33(8)20-24)27(31-29)34-21-28(4,10-2)11-3/h9,12-17,19-20,30-31H,1,10-11,18,21H2,2-8H3/b22-19+. The van der Waals surface area contributed by atoms with Crippen molar-refractivity contribution >= 4 is 5.57 Å². The van der Waals surface area contributed by atoms with Crippen molar-refractivity contribution in [1.29, 1.82) is 0 Å². The summed E-state index contributed by atoms with van der Waals surface area (Å²) in [5.74, 6) is 0.847. The molecule has 2 aliphatic heterocycles. The quantitative estimate of drug-likeness (QED) is 0.447. The van der Waals surface area contributed by atoms with Crippen molar-refractivity contribution in [2.45, 2.75) is 46.1 Å². The van der Waals surface area contributed by atoms with E-state index in [4.69, 9.17) is 4.74 Å². The SMILES string of the molecule is C=C/C(=C\N(C)C)c1cccc(C2(C)C=CC(C3=CN(C)NC3)=C(OCC(C)(CC)CC)N2)c1. The highest BCUT2D eigenvalue weighted by Crippen LogP contribution is 2.35. The normalized spacial score (nSPS) is 20.9. The second-order valence-electron chi connectivity index (χ2n) is 10.1. The Morgan fingerprint density at radius 3 is 2.62 bits per heavy atom. The van der Waals surface area contributed by atoms with Crippen LogP contribution < -0.4 is 10.7 Å². The number of ether oxygens (including phenoxy) is 1. The van der Waals surface area contributed by atoms with Crippen LogP contribution in [0.3, 0.4) is 0 Å². The zero-order valence-electron chi connectivity index (χ0n) is 22.0. The summed E-state index contributed by atoms with van der Waals surface area (Å²) in [5, 5.41) is 5.76. The van der Waals surface area contributed by atoms with Crippen molar-refractivity contribution in [3.05, 3.63) is 89.6 Å². The molecule has 0 bridgehead atoms. The Balaban J connectivity index is 1.97. The van der Waals surface area contributed by atoms with E-state index in [1.807, 2.05) is 37.1 Å². The molecule has 5 heteroatoms. The molecule has 0 radical (unpaired) electrons. The molecule has 2 N–H and O–H groups in total. The minimum Gasteiger partial charge on any atom is -0.478 e. The number of hydrazine groups is 1. The number of benzene rings is 1. The summed E-state index contributed by atoms with van der Waals surface area (Å²) in [6.45, 7) is 14.5. The van der Waals surface area contributed by atoms with Gasteiger partial charge in [-0.05, 0) is 48.1 Å². The molecule has 0 fully saturated rings. The van der Waals surface area contributed by atoms with E-state index in [2.05, 4.69) is 93.8 Å². The van der Waals surface area contributed by atoms with Gasteiger partial charge in [-0.2, -0.15) is 0 Å². The number of hydrogen-bond acceptors (Lipinski definition) is 5. The number of nitrogens with one attached hydrogen (secondary N) is 2. The molecule has 5 nitrogen and oxygen atoms in total. The van der Waals surface area contributed by atoms with Crippen LogP contribution in [-0.4, -0.2) is 44.2 Å². The van der Waals surface area contributed by atoms with Crippen molar-refractivity contribution < 1.29 is 4.74 Å². The van der Waals surface area contributed by atoms with E-state index in [1.54, 1.807) is 0 Å². The smallest absolute Gasteiger partial charge is 0.195 e. The maximum Gasteiger partial charge on any atom is 0.195 e. The molecular formula is C29H42N4O. The maximum absolute atomic E-state index is 6.55. The van der Waals surface area contributed by atoms with E-state index in [9.17, 15) is 0 Å². The van der Waals surface area contributed by atoms with Crippen LogP contribution in [-0.2, 0) is 10.3 Å². The van der Waals surface area contributed by atoms with E-state index in [0.717, 1.165) is 42.0 Å². The molecule has 2 heterocycles. The summed E-state index contributed by atoms with van der Waals surface area (Å²) in [5.41, 5.74) is 8.84. The van der Waals surface area contributed by atoms with Crippen LogP contribution in [0.4, 0.5) is 0 Å². The lowest BCUT2D eigenvalue weighted by Gasteiger charge is -2.36. The monoisotopic (exact) mass is 462 g/mol. The van der Waals surface area contributed by atoms with Crippen molar-refractivity contribution in [3.8, 4) is 0 Å². The van der Waals surface area contributed by atoms with Crippen LogP contribution in [0.1, 0.15) is 51.7 Å². The highest BCUT2D eigenvalue weighted by molar-refractivity contribution is 5.73. The van der Waals surface area contributed by atoms with Crippen LogP contribution in [0.25, 0.3) is 5.57 Å². The van der Waals surface area contributed by atoms with Crippen molar-refractivity contribution in [1.82, 2.24) is 20.7 Å². The lowest BCUT2D eigenvalue weighted by molar-refractivity contribution is 0.0766. The molecule has 1 aromatic rings. The molecule has 1 aromatic carbocycles. The first-order valence-electron chi connectivity index (χ1n) is 12.3. The number of rotatable bonds is 10. The summed E-state index contributed by atoms with van der Waals surface area (Å²) in [7, 11) is 6.08. The largest absolute Gasteiger partial charge is 0.478 e. The van der Waals surface area contributed by atoms with Gasteiger partial charge in [0.15, 0.2) is 5.88 Å². The van der Waals surface area contributed by atoms with E-state index in [1.165, 1.54) is 11.1 Å². The van der Waals surface area contributed by atoms with Crippen molar-refractivity contribution in [3.63, 3.8) is 0 Å². The number of hydrogen-bond donors (Lipinski definition) is 2. The second kappa shape index (κ2) is 10.6. The average molecular weight is 463 g/mol. The Labute approximate surface area is 206 Å². The van der Waals surface area contributed by atoms with E-state index in [0.29, 0.717) is 6.61 Å². The Morgan fingerprint density at radius 1 is 1.29 bits per heavy atom. The van der Waals surface area contributed by atoms with Crippen LogP contribution in [0.2, 0.25) is 0 Å².